The van der Waals surface area contributed by atoms with Gasteiger partial charge in [-0.15, -0.1) is 0 Å². The number of benzene rings is 2. The molecule has 0 saturated heterocycles. The predicted molar refractivity (Wildman–Crippen MR) is 93.7 cm³/mol. The highest BCUT2D eigenvalue weighted by atomic mass is 79.9. The van der Waals surface area contributed by atoms with E-state index in [1.54, 1.807) is 7.11 Å². The van der Waals surface area contributed by atoms with Crippen molar-refractivity contribution in [2.24, 2.45) is 0 Å². The summed E-state index contributed by atoms with van der Waals surface area (Å²) in [4.78, 5) is 0. The minimum atomic E-state index is -0.202. The molecule has 23 heavy (non-hydrogen) atoms. The molecular weight excluding hydrogens is 361 g/mol. The standard InChI is InChI=1S/C18H21BrFNO2/c1-3-23-18-11-16(19)14(10-17(18)22-2)12-21-9-8-13-4-6-15(20)7-5-13/h4-7,10-11,21H,3,8-9,12H2,1-2H3. The normalized spacial score (nSPS) is 10.6. The van der Waals surface area contributed by atoms with E-state index in [0.717, 1.165) is 40.1 Å². The monoisotopic (exact) mass is 381 g/mol. The van der Waals surface area contributed by atoms with Crippen LogP contribution in [-0.4, -0.2) is 20.3 Å². The third kappa shape index (κ3) is 5.22. The number of rotatable bonds is 8. The van der Waals surface area contributed by atoms with E-state index in [2.05, 4.69) is 21.2 Å². The van der Waals surface area contributed by atoms with Gasteiger partial charge in [0, 0.05) is 11.0 Å². The summed E-state index contributed by atoms with van der Waals surface area (Å²) in [6.45, 7) is 4.06. The average Bonchev–Trinajstić information content (AvgIpc) is 2.55. The molecule has 0 aliphatic carbocycles. The Morgan fingerprint density at radius 2 is 1.87 bits per heavy atom. The van der Waals surface area contributed by atoms with Crippen molar-refractivity contribution in [3.8, 4) is 11.5 Å². The Labute approximate surface area is 144 Å². The van der Waals surface area contributed by atoms with Crippen molar-refractivity contribution >= 4 is 15.9 Å². The fourth-order valence-electron chi connectivity index (χ4n) is 2.25. The van der Waals surface area contributed by atoms with Gasteiger partial charge in [0.2, 0.25) is 0 Å². The first-order valence-corrected chi connectivity index (χ1v) is 8.37. The fourth-order valence-corrected chi connectivity index (χ4v) is 2.71. The zero-order valence-electron chi connectivity index (χ0n) is 13.4. The quantitative estimate of drug-likeness (QED) is 0.690. The Kier molecular flexibility index (Phi) is 6.86. The third-order valence-corrected chi connectivity index (χ3v) is 4.19. The Balaban J connectivity index is 1.91. The summed E-state index contributed by atoms with van der Waals surface area (Å²) in [5.74, 6) is 1.26. The highest BCUT2D eigenvalue weighted by molar-refractivity contribution is 9.10. The van der Waals surface area contributed by atoms with E-state index in [1.165, 1.54) is 12.1 Å². The number of ether oxygens (including phenoxy) is 2. The van der Waals surface area contributed by atoms with Crippen LogP contribution >= 0.6 is 15.9 Å². The molecule has 5 heteroatoms. The lowest BCUT2D eigenvalue weighted by atomic mass is 10.1. The average molecular weight is 382 g/mol. The van der Waals surface area contributed by atoms with E-state index in [0.29, 0.717) is 13.2 Å². The molecule has 0 bridgehead atoms. The van der Waals surface area contributed by atoms with Crippen LogP contribution in [0.15, 0.2) is 40.9 Å². The number of methoxy groups -OCH3 is 1. The molecule has 3 nitrogen and oxygen atoms in total. The molecule has 0 aliphatic heterocycles. The van der Waals surface area contributed by atoms with E-state index < -0.39 is 0 Å². The SMILES string of the molecule is CCOc1cc(Br)c(CNCCc2ccc(F)cc2)cc1OC. The van der Waals surface area contributed by atoms with Crippen LogP contribution in [0.3, 0.4) is 0 Å². The van der Waals surface area contributed by atoms with Crippen molar-refractivity contribution in [3.05, 3.63) is 57.8 Å². The molecule has 0 radical (unpaired) electrons. The number of hydrogen-bond acceptors (Lipinski definition) is 3. The maximum Gasteiger partial charge on any atom is 0.162 e. The van der Waals surface area contributed by atoms with Crippen molar-refractivity contribution in [3.63, 3.8) is 0 Å². The molecular formula is C18H21BrFNO2. The third-order valence-electron chi connectivity index (χ3n) is 3.45. The van der Waals surface area contributed by atoms with Crippen molar-refractivity contribution < 1.29 is 13.9 Å². The van der Waals surface area contributed by atoms with Crippen LogP contribution in [0.2, 0.25) is 0 Å². The molecule has 0 saturated carbocycles. The summed E-state index contributed by atoms with van der Waals surface area (Å²) in [5.41, 5.74) is 2.21. The Morgan fingerprint density at radius 1 is 1.13 bits per heavy atom. The smallest absolute Gasteiger partial charge is 0.162 e. The lowest BCUT2D eigenvalue weighted by Gasteiger charge is -2.13. The van der Waals surface area contributed by atoms with Crippen molar-refractivity contribution in [2.45, 2.75) is 19.9 Å². The van der Waals surface area contributed by atoms with Gasteiger partial charge in [0.1, 0.15) is 5.82 Å². The first-order valence-electron chi connectivity index (χ1n) is 7.58. The molecule has 0 amide bonds. The van der Waals surface area contributed by atoms with Gasteiger partial charge in [-0.1, -0.05) is 28.1 Å². The van der Waals surface area contributed by atoms with E-state index >= 15 is 0 Å². The summed E-state index contributed by atoms with van der Waals surface area (Å²) in [6.07, 6.45) is 0.853. The van der Waals surface area contributed by atoms with Crippen molar-refractivity contribution in [2.75, 3.05) is 20.3 Å². The molecule has 2 aromatic rings. The van der Waals surface area contributed by atoms with Gasteiger partial charge < -0.3 is 14.8 Å². The number of halogens is 2. The van der Waals surface area contributed by atoms with Crippen LogP contribution in [0.5, 0.6) is 11.5 Å². The topological polar surface area (TPSA) is 30.5 Å². The van der Waals surface area contributed by atoms with Gasteiger partial charge in [-0.25, -0.2) is 4.39 Å². The van der Waals surface area contributed by atoms with Crippen LogP contribution < -0.4 is 14.8 Å². The fraction of sp³-hybridized carbons (Fsp3) is 0.333. The summed E-state index contributed by atoms with van der Waals surface area (Å²) in [5, 5.41) is 3.39. The second-order valence-electron chi connectivity index (χ2n) is 5.08. The van der Waals surface area contributed by atoms with Gasteiger partial charge in [-0.05, 0) is 55.3 Å². The first kappa shape index (κ1) is 17.8. The Morgan fingerprint density at radius 3 is 2.52 bits per heavy atom. The maximum atomic E-state index is 12.9. The highest BCUT2D eigenvalue weighted by Gasteiger charge is 2.09. The second kappa shape index (κ2) is 8.89. The Hall–Kier alpha value is -1.59. The molecule has 0 aliphatic rings. The van der Waals surface area contributed by atoms with Crippen molar-refractivity contribution in [1.82, 2.24) is 5.32 Å². The summed E-state index contributed by atoms with van der Waals surface area (Å²) in [6, 6.07) is 10.5. The lowest BCUT2D eigenvalue weighted by molar-refractivity contribution is 0.310. The van der Waals surface area contributed by atoms with Gasteiger partial charge in [0.05, 0.1) is 13.7 Å². The molecule has 1 N–H and O–H groups in total. The molecule has 0 fully saturated rings. The highest BCUT2D eigenvalue weighted by Crippen LogP contribution is 2.33. The maximum absolute atomic E-state index is 12.9. The molecule has 2 aromatic carbocycles. The minimum Gasteiger partial charge on any atom is -0.493 e. The molecule has 0 aromatic heterocycles. The zero-order valence-corrected chi connectivity index (χ0v) is 15.0. The molecule has 0 unspecified atom stereocenters. The Bertz CT molecular complexity index is 632. The van der Waals surface area contributed by atoms with Crippen molar-refractivity contribution in [1.29, 1.82) is 0 Å². The lowest BCUT2D eigenvalue weighted by Crippen LogP contribution is -2.17. The molecule has 0 heterocycles. The first-order chi connectivity index (χ1) is 11.1. The van der Waals surface area contributed by atoms with Gasteiger partial charge in [-0.3, -0.25) is 0 Å². The van der Waals surface area contributed by atoms with Gasteiger partial charge in [-0.2, -0.15) is 0 Å². The largest absolute Gasteiger partial charge is 0.493 e. The van der Waals surface area contributed by atoms with Crippen LogP contribution in [0.25, 0.3) is 0 Å². The molecule has 0 spiro atoms. The number of hydrogen-bond donors (Lipinski definition) is 1. The molecule has 2 rings (SSSR count). The van der Waals surface area contributed by atoms with E-state index in [9.17, 15) is 4.39 Å². The van der Waals surface area contributed by atoms with E-state index in [4.69, 9.17) is 9.47 Å². The van der Waals surface area contributed by atoms with Gasteiger partial charge in [0.25, 0.3) is 0 Å². The second-order valence-corrected chi connectivity index (χ2v) is 5.94. The van der Waals surface area contributed by atoms with E-state index in [1.807, 2.05) is 31.2 Å². The van der Waals surface area contributed by atoms with E-state index in [-0.39, 0.29) is 5.82 Å². The van der Waals surface area contributed by atoms with Crippen LogP contribution in [0.1, 0.15) is 18.1 Å². The summed E-state index contributed by atoms with van der Waals surface area (Å²) in [7, 11) is 1.64. The van der Waals surface area contributed by atoms with Gasteiger partial charge in [0.15, 0.2) is 11.5 Å². The predicted octanol–water partition coefficient (Wildman–Crippen LogP) is 4.33. The van der Waals surface area contributed by atoms with Crippen LogP contribution in [0, 0.1) is 5.82 Å². The van der Waals surface area contributed by atoms with Crippen LogP contribution in [0.4, 0.5) is 4.39 Å². The minimum absolute atomic E-state index is 0.202. The molecule has 0 atom stereocenters. The molecule has 124 valence electrons. The van der Waals surface area contributed by atoms with Crippen LogP contribution in [-0.2, 0) is 13.0 Å². The summed E-state index contributed by atoms with van der Waals surface area (Å²) < 4.78 is 24.8. The van der Waals surface area contributed by atoms with Gasteiger partial charge >= 0.3 is 0 Å². The summed E-state index contributed by atoms with van der Waals surface area (Å²) >= 11 is 3.57. The zero-order chi connectivity index (χ0) is 16.7. The number of nitrogens with one attached hydrogen (secondary N) is 1.